The van der Waals surface area contributed by atoms with Crippen LogP contribution in [0.25, 0.3) is 0 Å². The highest BCUT2D eigenvalue weighted by Crippen LogP contribution is 2.37. The normalized spacial score (nSPS) is 13.1. The van der Waals surface area contributed by atoms with E-state index in [1.807, 2.05) is 48.5 Å². The third-order valence-electron chi connectivity index (χ3n) is 5.37. The van der Waals surface area contributed by atoms with Gasteiger partial charge in [0.2, 0.25) is 0 Å². The van der Waals surface area contributed by atoms with Crippen LogP contribution in [-0.2, 0) is 16.1 Å². The van der Waals surface area contributed by atoms with Gasteiger partial charge in [0.25, 0.3) is 0 Å². The molecule has 0 saturated heterocycles. The quantitative estimate of drug-likeness (QED) is 0.311. The molecule has 3 rings (SSSR count). The molecule has 0 aliphatic heterocycles. The first-order valence-electron chi connectivity index (χ1n) is 10.4. The van der Waals surface area contributed by atoms with E-state index in [0.717, 1.165) is 15.6 Å². The van der Waals surface area contributed by atoms with Gasteiger partial charge in [0.1, 0.15) is 5.82 Å². The largest absolute Gasteiger partial charge is 0.466 e. The van der Waals surface area contributed by atoms with Gasteiger partial charge in [0.05, 0.1) is 13.0 Å². The molecule has 0 heterocycles. The second-order valence-corrected chi connectivity index (χ2v) is 8.35. The second kappa shape index (κ2) is 11.2. The topological polar surface area (TPSA) is 29.5 Å². The molecule has 5 heteroatoms. The van der Waals surface area contributed by atoms with Crippen LogP contribution in [0.15, 0.2) is 83.3 Å². The molecule has 3 nitrogen and oxygen atoms in total. The molecular weight excluding hydrogens is 457 g/mol. The van der Waals surface area contributed by atoms with Gasteiger partial charge >= 0.3 is 5.97 Å². The lowest BCUT2D eigenvalue weighted by molar-refractivity contribution is -0.145. The van der Waals surface area contributed by atoms with Crippen molar-refractivity contribution in [1.82, 2.24) is 4.90 Å². The minimum absolute atomic E-state index is 0.0563. The number of carbonyl (C=O) groups excluding carboxylic acids is 1. The summed E-state index contributed by atoms with van der Waals surface area (Å²) in [6, 6.07) is 24.4. The Bertz CT molecular complexity index is 981. The van der Waals surface area contributed by atoms with Crippen molar-refractivity contribution in [2.45, 2.75) is 38.9 Å². The van der Waals surface area contributed by atoms with E-state index in [-0.39, 0.29) is 24.2 Å². The van der Waals surface area contributed by atoms with Gasteiger partial charge in [-0.05, 0) is 43.2 Å². The first-order valence-corrected chi connectivity index (χ1v) is 11.2. The van der Waals surface area contributed by atoms with Gasteiger partial charge in [0, 0.05) is 28.7 Å². The minimum Gasteiger partial charge on any atom is -0.466 e. The molecule has 0 amide bonds. The van der Waals surface area contributed by atoms with Crippen molar-refractivity contribution in [3.05, 3.63) is 106 Å². The number of nitrogens with zero attached hydrogens (tertiary/aromatic N) is 1. The molecule has 0 saturated carbocycles. The molecule has 162 valence electrons. The molecular formula is C26H27BrFNO2. The fourth-order valence-corrected chi connectivity index (χ4v) is 4.17. The smallest absolute Gasteiger partial charge is 0.307 e. The summed E-state index contributed by atoms with van der Waals surface area (Å²) >= 11 is 3.46. The van der Waals surface area contributed by atoms with Crippen LogP contribution in [0.5, 0.6) is 0 Å². The van der Waals surface area contributed by atoms with Gasteiger partial charge in [-0.25, -0.2) is 4.39 Å². The Morgan fingerprint density at radius 2 is 1.68 bits per heavy atom. The van der Waals surface area contributed by atoms with E-state index in [9.17, 15) is 4.79 Å². The fraction of sp³-hybridized carbons (Fsp3) is 0.269. The Hall–Kier alpha value is -2.50. The molecule has 0 bridgehead atoms. The van der Waals surface area contributed by atoms with Crippen LogP contribution in [-0.4, -0.2) is 17.5 Å². The summed E-state index contributed by atoms with van der Waals surface area (Å²) in [5, 5.41) is 0. The van der Waals surface area contributed by atoms with Gasteiger partial charge in [-0.2, -0.15) is 0 Å². The molecule has 0 fully saturated rings. The van der Waals surface area contributed by atoms with Gasteiger partial charge in [0.15, 0.2) is 0 Å². The lowest BCUT2D eigenvalue weighted by Crippen LogP contribution is -2.33. The Morgan fingerprint density at radius 1 is 1.03 bits per heavy atom. The standard InChI is InChI=1S/C26H27BrFNO2/c1-3-31-26(30)17-25(23-16-22(27)14-15-24(23)28)29(18-20-10-6-4-7-11-20)19(2)21-12-8-5-9-13-21/h4-16,19,25H,3,17-18H2,1-2H3/t19-,25+/m1/s1. The molecule has 0 aliphatic carbocycles. The molecule has 3 aromatic rings. The molecule has 0 radical (unpaired) electrons. The highest BCUT2D eigenvalue weighted by Gasteiger charge is 2.31. The van der Waals surface area contributed by atoms with E-state index >= 15 is 4.39 Å². The molecule has 0 aromatic heterocycles. The molecule has 0 unspecified atom stereocenters. The van der Waals surface area contributed by atoms with E-state index in [1.54, 1.807) is 19.1 Å². The van der Waals surface area contributed by atoms with Crippen LogP contribution in [0.1, 0.15) is 49.0 Å². The maximum Gasteiger partial charge on any atom is 0.307 e. The maximum absolute atomic E-state index is 15.0. The van der Waals surface area contributed by atoms with Crippen molar-refractivity contribution in [2.24, 2.45) is 0 Å². The SMILES string of the molecule is CCOC(=O)C[C@@H](c1cc(Br)ccc1F)N(Cc1ccccc1)[C@H](C)c1ccccc1. The molecule has 0 N–H and O–H groups in total. The molecule has 2 atom stereocenters. The van der Waals surface area contributed by atoms with Crippen LogP contribution in [0.2, 0.25) is 0 Å². The highest BCUT2D eigenvalue weighted by molar-refractivity contribution is 9.10. The summed E-state index contributed by atoms with van der Waals surface area (Å²) in [5.74, 6) is -0.680. The lowest BCUT2D eigenvalue weighted by Gasteiger charge is -2.37. The van der Waals surface area contributed by atoms with Gasteiger partial charge in [-0.3, -0.25) is 9.69 Å². The van der Waals surface area contributed by atoms with E-state index < -0.39 is 6.04 Å². The summed E-state index contributed by atoms with van der Waals surface area (Å²) in [6.45, 7) is 4.72. The third kappa shape index (κ3) is 6.25. The number of ether oxygens (including phenoxy) is 1. The highest BCUT2D eigenvalue weighted by atomic mass is 79.9. The zero-order chi connectivity index (χ0) is 22.2. The maximum atomic E-state index is 15.0. The van der Waals surface area contributed by atoms with Crippen molar-refractivity contribution < 1.29 is 13.9 Å². The number of hydrogen-bond acceptors (Lipinski definition) is 3. The van der Waals surface area contributed by atoms with Crippen LogP contribution in [0, 0.1) is 5.82 Å². The van der Waals surface area contributed by atoms with Crippen molar-refractivity contribution in [3.63, 3.8) is 0 Å². The number of rotatable bonds is 9. The number of esters is 1. The van der Waals surface area contributed by atoms with E-state index in [4.69, 9.17) is 4.74 Å². The minimum atomic E-state index is -0.494. The van der Waals surface area contributed by atoms with Crippen molar-refractivity contribution in [3.8, 4) is 0 Å². The Balaban J connectivity index is 2.08. The first kappa shape index (κ1) is 23.2. The Morgan fingerprint density at radius 3 is 2.32 bits per heavy atom. The molecule has 0 aliphatic rings. The summed E-state index contributed by atoms with van der Waals surface area (Å²) in [5.41, 5.74) is 2.67. The fourth-order valence-electron chi connectivity index (χ4n) is 3.79. The Kier molecular flexibility index (Phi) is 8.38. The zero-order valence-electron chi connectivity index (χ0n) is 17.8. The van der Waals surface area contributed by atoms with E-state index in [0.29, 0.717) is 18.7 Å². The number of hydrogen-bond donors (Lipinski definition) is 0. The summed E-state index contributed by atoms with van der Waals surface area (Å²) < 4.78 is 21.0. The third-order valence-corrected chi connectivity index (χ3v) is 5.86. The predicted octanol–water partition coefficient (Wildman–Crippen LogP) is 6.85. The summed E-state index contributed by atoms with van der Waals surface area (Å²) in [6.07, 6.45) is 0.0607. The average molecular weight is 484 g/mol. The van der Waals surface area contributed by atoms with Crippen LogP contribution < -0.4 is 0 Å². The molecule has 31 heavy (non-hydrogen) atoms. The zero-order valence-corrected chi connectivity index (χ0v) is 19.4. The van der Waals surface area contributed by atoms with Gasteiger partial charge in [-0.15, -0.1) is 0 Å². The summed E-state index contributed by atoms with van der Waals surface area (Å²) in [4.78, 5) is 14.7. The van der Waals surface area contributed by atoms with Crippen LogP contribution in [0.4, 0.5) is 4.39 Å². The van der Waals surface area contributed by atoms with Crippen molar-refractivity contribution >= 4 is 21.9 Å². The number of benzene rings is 3. The van der Waals surface area contributed by atoms with Crippen molar-refractivity contribution in [2.75, 3.05) is 6.61 Å². The van der Waals surface area contributed by atoms with Gasteiger partial charge in [-0.1, -0.05) is 76.6 Å². The van der Waals surface area contributed by atoms with Crippen LogP contribution in [0.3, 0.4) is 0 Å². The number of carbonyl (C=O) groups is 1. The predicted molar refractivity (Wildman–Crippen MR) is 125 cm³/mol. The van der Waals surface area contributed by atoms with E-state index in [1.165, 1.54) is 6.07 Å². The lowest BCUT2D eigenvalue weighted by atomic mass is 9.96. The average Bonchev–Trinajstić information content (AvgIpc) is 2.79. The monoisotopic (exact) mass is 483 g/mol. The van der Waals surface area contributed by atoms with Crippen LogP contribution >= 0.6 is 15.9 Å². The van der Waals surface area contributed by atoms with Gasteiger partial charge < -0.3 is 4.74 Å². The molecule has 3 aromatic carbocycles. The second-order valence-electron chi connectivity index (χ2n) is 7.44. The van der Waals surface area contributed by atoms with Crippen molar-refractivity contribution in [1.29, 1.82) is 0 Å². The number of halogens is 2. The molecule has 0 spiro atoms. The first-order chi connectivity index (χ1) is 15.0. The summed E-state index contributed by atoms with van der Waals surface area (Å²) in [7, 11) is 0. The van der Waals surface area contributed by atoms with E-state index in [2.05, 4.69) is 39.9 Å². The Labute approximate surface area is 192 Å².